The van der Waals surface area contributed by atoms with Gasteiger partial charge in [-0.1, -0.05) is 179 Å². The highest BCUT2D eigenvalue weighted by molar-refractivity contribution is 5.51. The molecule has 0 unspecified atom stereocenters. The number of ether oxygens (including phenoxy) is 1. The van der Waals surface area contributed by atoms with Crippen molar-refractivity contribution in [2.24, 2.45) is 0 Å². The summed E-state index contributed by atoms with van der Waals surface area (Å²) < 4.78 is 316. The normalized spacial score (nSPS) is 11.6. The summed E-state index contributed by atoms with van der Waals surface area (Å²) >= 11 is 0. The van der Waals surface area contributed by atoms with E-state index in [0.717, 1.165) is 77.5 Å². The zero-order chi connectivity index (χ0) is 91.3. The van der Waals surface area contributed by atoms with E-state index in [4.69, 9.17) is 16.6 Å². The number of pyridine rings is 1. The Kier molecular flexibility index (Phi) is 42.1. The number of nitrogens with zero attached hydrogens (tertiary/aromatic N) is 3. The Labute approximate surface area is 673 Å². The van der Waals surface area contributed by atoms with Crippen LogP contribution in [-0.4, -0.2) is 12.1 Å². The van der Waals surface area contributed by atoms with Gasteiger partial charge in [0.1, 0.15) is 52.2 Å². The molecule has 1 aromatic heterocycles. The Bertz CT molecular complexity index is 4620. The summed E-state index contributed by atoms with van der Waals surface area (Å²) in [4.78, 5) is 6.38. The summed E-state index contributed by atoms with van der Waals surface area (Å²) in [6, 6.07) is 34.2. The predicted octanol–water partition coefficient (Wildman–Crippen LogP) is 32.2. The summed E-state index contributed by atoms with van der Waals surface area (Å²) in [7, 11) is 1.60. The molecule has 0 spiro atoms. The monoisotopic (exact) mass is 1700 g/mol. The lowest BCUT2D eigenvalue weighted by molar-refractivity contribution is -0.141. The van der Waals surface area contributed by atoms with E-state index in [-0.39, 0.29) is 75.9 Å². The SMILES string of the molecule is CC(C)c1cc(F)cc(C(F)(F)F)c1.CC(C)c1cc(F)cc(F)c1.CC(C)c1ccc(C#N)c(C(F)(F)F)c1.CC(C)c1ccc(C(F)(F)F)nc1.CC(C)c1ccc(F)cc1C(F)(F)F.CC(C)c1ccc(F)cc1F.CC(C)c1ccccc1C(F)(F)F.COc1ccc(F)cc1C(C)C.[C-]#[N+]c1cc(C(C)C)cc(C(F)(F)F)c1. The first-order valence-corrected chi connectivity index (χ1v) is 36.4. The van der Waals surface area contributed by atoms with Crippen LogP contribution in [0.1, 0.15) is 267 Å². The fraction of sp³-hybridized carbons (Fsp3) is 0.382. The lowest BCUT2D eigenvalue weighted by Gasteiger charge is -2.15. The maximum Gasteiger partial charge on any atom is 0.433 e. The van der Waals surface area contributed by atoms with Crippen molar-refractivity contribution in [3.05, 3.63) is 311 Å². The molecule has 0 amide bonds. The van der Waals surface area contributed by atoms with E-state index in [1.54, 1.807) is 86.8 Å². The highest BCUT2D eigenvalue weighted by atomic mass is 19.4. The van der Waals surface area contributed by atoms with Crippen molar-refractivity contribution in [1.29, 1.82) is 5.26 Å². The quantitative estimate of drug-likeness (QED) is 0.101. The summed E-state index contributed by atoms with van der Waals surface area (Å²) in [6.07, 6.45) is -25.1. The summed E-state index contributed by atoms with van der Waals surface area (Å²) in [5.41, 5.74) is -0.116. The maximum absolute atomic E-state index is 12.9. The first-order chi connectivity index (χ1) is 54.0. The number of hydrogen-bond donors (Lipinski definition) is 0. The molecule has 0 saturated carbocycles. The lowest BCUT2D eigenvalue weighted by Crippen LogP contribution is -2.10. The predicted molar refractivity (Wildman–Crippen MR) is 410 cm³/mol. The van der Waals surface area contributed by atoms with Gasteiger partial charge >= 0.3 is 37.1 Å². The van der Waals surface area contributed by atoms with E-state index in [0.29, 0.717) is 45.5 Å². The molecule has 0 atom stereocenters. The van der Waals surface area contributed by atoms with Crippen molar-refractivity contribution in [3.63, 3.8) is 0 Å². The third kappa shape index (κ3) is 37.3. The molecular weight excluding hydrogens is 1600 g/mol. The maximum atomic E-state index is 12.9. The van der Waals surface area contributed by atoms with Crippen LogP contribution in [0.25, 0.3) is 4.85 Å². The molecule has 118 heavy (non-hydrogen) atoms. The van der Waals surface area contributed by atoms with Crippen molar-refractivity contribution < 1.29 is 114 Å². The second-order valence-electron chi connectivity index (χ2n) is 29.0. The Balaban J connectivity index is 0.000000665. The third-order valence-corrected chi connectivity index (χ3v) is 16.6. The van der Waals surface area contributed by atoms with Crippen LogP contribution < -0.4 is 4.74 Å². The average molecular weight is 1700 g/mol. The highest BCUT2D eigenvalue weighted by Crippen LogP contribution is 2.40. The molecule has 0 aliphatic carbocycles. The van der Waals surface area contributed by atoms with Gasteiger partial charge < -0.3 is 4.74 Å². The van der Waals surface area contributed by atoms with Crippen LogP contribution in [-0.2, 0) is 37.1 Å². The minimum atomic E-state index is -4.48. The molecule has 1 heterocycles. The summed E-state index contributed by atoms with van der Waals surface area (Å²) in [5, 5.41) is 8.56. The number of benzene rings is 8. The van der Waals surface area contributed by atoms with Crippen molar-refractivity contribution in [2.45, 2.75) is 215 Å². The topological polar surface area (TPSA) is 50.3 Å². The number of aromatic nitrogens is 1. The van der Waals surface area contributed by atoms with E-state index >= 15 is 0 Å². The van der Waals surface area contributed by atoms with Crippen LogP contribution in [0.2, 0.25) is 0 Å². The van der Waals surface area contributed by atoms with Crippen LogP contribution in [0.3, 0.4) is 0 Å². The molecule has 646 valence electrons. The highest BCUT2D eigenvalue weighted by Gasteiger charge is 2.38. The Morgan fingerprint density at radius 1 is 0.322 bits per heavy atom. The largest absolute Gasteiger partial charge is 0.496 e. The van der Waals surface area contributed by atoms with Gasteiger partial charge in [0.25, 0.3) is 0 Å². The second kappa shape index (κ2) is 46.9. The fourth-order valence-corrected chi connectivity index (χ4v) is 10.0. The number of hydrogen-bond acceptors (Lipinski definition) is 3. The number of methoxy groups -OCH3 is 1. The van der Waals surface area contributed by atoms with Crippen LogP contribution in [0.15, 0.2) is 170 Å². The number of halogens is 25. The molecule has 0 N–H and O–H groups in total. The smallest absolute Gasteiger partial charge is 0.433 e. The van der Waals surface area contributed by atoms with Gasteiger partial charge in [0.15, 0.2) is 5.69 Å². The molecule has 29 heteroatoms. The van der Waals surface area contributed by atoms with E-state index < -0.39 is 105 Å². The first kappa shape index (κ1) is 106. The molecule has 9 rings (SSSR count). The number of rotatable bonds is 10. The Morgan fingerprint density at radius 3 is 1.09 bits per heavy atom. The van der Waals surface area contributed by atoms with Crippen molar-refractivity contribution >= 4 is 5.69 Å². The standard InChI is InChI=1S/2C11H10F3N.2C10H10F4.C10H11F3.C10H13FO.C9H10F3N.2C9H10F2/c1-7(2)8-4-9(11(12,13)14)6-10(5-8)15-3;1-7(2)8-3-4-9(6-15)10(5-8)11(12,13)14;1-6(2)7-3-8(10(12,13)14)5-9(11)4-7;1-6(2)8-4-3-7(11)5-9(8)10(12,13)14;1-7(2)8-5-3-4-6-9(8)10(11,12)13;1-7(2)9-6-8(11)4-5-10(9)12-3;1-6(2)7-3-4-8(13-5-7)9(10,11)12;1-6(2)7-3-8(10)5-9(11)4-7;1-6(2)8-4-3-7(10)5-9(8)11/h4-7H,1-2H3;3-5,7H,1-2H3;2*3-6H,1-2H3;3-7H,1-2H3;4-7H,1-3H3;3-6H,1-2H3;2*3-6H,1-2H3. The van der Waals surface area contributed by atoms with E-state index in [9.17, 15) is 110 Å². The molecule has 0 aliphatic rings. The van der Waals surface area contributed by atoms with Gasteiger partial charge in [0.05, 0.1) is 47.6 Å². The third-order valence-electron chi connectivity index (χ3n) is 16.6. The van der Waals surface area contributed by atoms with Gasteiger partial charge in [-0.05, 0) is 201 Å². The van der Waals surface area contributed by atoms with Crippen molar-refractivity contribution in [1.82, 2.24) is 4.98 Å². The molecule has 0 fully saturated rings. The molecule has 9 aromatic rings. The zero-order valence-electron chi connectivity index (χ0n) is 68.1. The number of nitriles is 1. The Hall–Kier alpha value is -10.1. The van der Waals surface area contributed by atoms with Gasteiger partial charge in [-0.25, -0.2) is 35.6 Å². The minimum absolute atomic E-state index is 0.0128. The minimum Gasteiger partial charge on any atom is -0.496 e. The molecule has 0 bridgehead atoms. The lowest BCUT2D eigenvalue weighted by atomic mass is 9.97. The zero-order valence-corrected chi connectivity index (χ0v) is 68.1. The van der Waals surface area contributed by atoms with Gasteiger partial charge in [-0.15, -0.1) is 0 Å². The van der Waals surface area contributed by atoms with E-state index in [2.05, 4.69) is 9.83 Å². The van der Waals surface area contributed by atoms with Gasteiger partial charge in [-0.2, -0.15) is 84.3 Å². The summed E-state index contributed by atoms with van der Waals surface area (Å²) in [5.74, 6) is -2.88. The molecule has 4 nitrogen and oxygen atoms in total. The second-order valence-corrected chi connectivity index (χ2v) is 29.0. The van der Waals surface area contributed by atoms with Crippen LogP contribution in [0, 0.1) is 58.6 Å². The average Bonchev–Trinajstić information content (AvgIpc) is 0.829. The first-order valence-electron chi connectivity index (χ1n) is 36.4. The fourth-order valence-electron chi connectivity index (χ4n) is 10.0. The van der Waals surface area contributed by atoms with Crippen molar-refractivity contribution in [2.75, 3.05) is 7.11 Å². The number of alkyl halides is 18. The molecule has 0 radical (unpaired) electrons. The molecule has 0 aliphatic heterocycles. The van der Waals surface area contributed by atoms with Gasteiger partial charge in [0, 0.05) is 23.9 Å². The van der Waals surface area contributed by atoms with Crippen LogP contribution >= 0.6 is 0 Å². The van der Waals surface area contributed by atoms with E-state index in [1.165, 1.54) is 79.0 Å². The van der Waals surface area contributed by atoms with Gasteiger partial charge in [-0.3, -0.25) is 4.98 Å². The molecule has 0 saturated heterocycles. The van der Waals surface area contributed by atoms with Crippen LogP contribution in [0.5, 0.6) is 5.75 Å². The molecule has 8 aromatic carbocycles. The Morgan fingerprint density at radius 2 is 0.712 bits per heavy atom. The van der Waals surface area contributed by atoms with E-state index in [1.807, 2.05) is 69.2 Å². The molecular formula is C89H94F25N3O. The summed E-state index contributed by atoms with van der Waals surface area (Å²) in [6.45, 7) is 39.5. The van der Waals surface area contributed by atoms with Crippen LogP contribution in [0.4, 0.5) is 115 Å². The van der Waals surface area contributed by atoms with Gasteiger partial charge in [0.2, 0.25) is 0 Å². The van der Waals surface area contributed by atoms with Crippen molar-refractivity contribution in [3.8, 4) is 11.8 Å².